The molecule has 3 rings (SSSR count). The summed E-state index contributed by atoms with van der Waals surface area (Å²) in [5, 5.41) is 0. The number of hydrogen-bond donors (Lipinski definition) is 0. The van der Waals surface area contributed by atoms with Crippen molar-refractivity contribution < 1.29 is 28.6 Å². The minimum atomic E-state index is -0.871. The van der Waals surface area contributed by atoms with Gasteiger partial charge in [-0.05, 0) is 69.6 Å². The summed E-state index contributed by atoms with van der Waals surface area (Å²) in [6, 6.07) is 0. The van der Waals surface area contributed by atoms with E-state index in [2.05, 4.69) is 47.4 Å². The molecule has 7 heteroatoms. The largest absolute Gasteiger partial charge is 0.478 e. The first-order chi connectivity index (χ1) is 17.8. The van der Waals surface area contributed by atoms with Crippen LogP contribution in [0.4, 0.5) is 0 Å². The Hall–Kier alpha value is -2.41. The highest BCUT2D eigenvalue weighted by molar-refractivity contribution is 5.97. The first-order valence-corrected chi connectivity index (χ1v) is 14.1. The molecule has 38 heavy (non-hydrogen) atoms. The van der Waals surface area contributed by atoms with Crippen molar-refractivity contribution in [2.75, 3.05) is 13.3 Å². The second kappa shape index (κ2) is 12.6. The minimum absolute atomic E-state index is 0.00850. The predicted molar refractivity (Wildman–Crippen MR) is 147 cm³/mol. The maximum Gasteiger partial charge on any atom is 0.306 e. The van der Waals surface area contributed by atoms with E-state index >= 15 is 0 Å². The van der Waals surface area contributed by atoms with Gasteiger partial charge in [-0.1, -0.05) is 33.6 Å². The van der Waals surface area contributed by atoms with E-state index < -0.39 is 6.10 Å². The summed E-state index contributed by atoms with van der Waals surface area (Å²) in [4.78, 5) is 37.7. The molecule has 1 aliphatic heterocycles. The van der Waals surface area contributed by atoms with Crippen LogP contribution in [0.25, 0.3) is 0 Å². The average Bonchev–Trinajstić information content (AvgIpc) is 3.56. The number of ketones is 2. The summed E-state index contributed by atoms with van der Waals surface area (Å²) >= 11 is 0. The van der Waals surface area contributed by atoms with Crippen LogP contribution in [0.1, 0.15) is 98.3 Å². The quantitative estimate of drug-likeness (QED) is 0.183. The lowest BCUT2D eigenvalue weighted by Gasteiger charge is -2.30. The van der Waals surface area contributed by atoms with Crippen molar-refractivity contribution in [3.63, 3.8) is 0 Å². The summed E-state index contributed by atoms with van der Waals surface area (Å²) in [6.07, 6.45) is 6.12. The summed E-state index contributed by atoms with van der Waals surface area (Å²) in [6.45, 7) is 22.0. The van der Waals surface area contributed by atoms with E-state index in [1.807, 2.05) is 4.90 Å². The fraction of sp³-hybridized carbons (Fsp3) is 0.710. The van der Waals surface area contributed by atoms with Gasteiger partial charge in [-0.2, -0.15) is 0 Å². The van der Waals surface area contributed by atoms with Gasteiger partial charge in [0.15, 0.2) is 18.6 Å². The number of esters is 1. The van der Waals surface area contributed by atoms with Crippen LogP contribution >= 0.6 is 0 Å². The zero-order valence-corrected chi connectivity index (χ0v) is 23.9. The first kappa shape index (κ1) is 30.1. The molecule has 0 aromatic heterocycles. The Morgan fingerprint density at radius 2 is 1.68 bits per heavy atom. The molecule has 212 valence electrons. The molecule has 2 saturated carbocycles. The number of likely N-dealkylation sites (tertiary alicyclic amines) is 1. The lowest BCUT2D eigenvalue weighted by Crippen LogP contribution is -2.34. The molecule has 0 aromatic rings. The summed E-state index contributed by atoms with van der Waals surface area (Å²) < 4.78 is 17.4. The molecule has 7 nitrogen and oxygen atoms in total. The third-order valence-corrected chi connectivity index (χ3v) is 8.45. The number of carbonyl (C=O) groups excluding carboxylic acids is 3. The number of hydrogen-bond acceptors (Lipinski definition) is 7. The number of Topliss-reactive ketones (excluding diaryl/α,β-unsaturated/α-hetero) is 2. The molecule has 1 saturated heterocycles. The van der Waals surface area contributed by atoms with Crippen LogP contribution in [-0.2, 0) is 28.6 Å². The first-order valence-electron chi connectivity index (χ1n) is 14.1. The van der Waals surface area contributed by atoms with E-state index in [1.165, 1.54) is 0 Å². The Morgan fingerprint density at radius 3 is 2.37 bits per heavy atom. The highest BCUT2D eigenvalue weighted by atomic mass is 16.5. The van der Waals surface area contributed by atoms with Crippen LogP contribution in [0.3, 0.4) is 0 Å². The van der Waals surface area contributed by atoms with Crippen LogP contribution in [0.5, 0.6) is 0 Å². The second-order valence-electron chi connectivity index (χ2n) is 12.5. The molecule has 3 atom stereocenters. The van der Waals surface area contributed by atoms with Crippen molar-refractivity contribution in [1.82, 2.24) is 4.90 Å². The van der Waals surface area contributed by atoms with Gasteiger partial charge in [-0.3, -0.25) is 14.4 Å². The Balaban J connectivity index is 1.30. The Morgan fingerprint density at radius 1 is 1.00 bits per heavy atom. The molecule has 0 aromatic carbocycles. The minimum Gasteiger partial charge on any atom is -0.478 e. The van der Waals surface area contributed by atoms with Crippen LogP contribution in [0.2, 0.25) is 0 Å². The SMILES string of the molecule is C=C(CCC(C)(C)OCCC(C)(C)C1CC1CCC(=O)OC1CC(=O)CCC1=O)OCN1C(=C)CCC1=C. The van der Waals surface area contributed by atoms with Crippen molar-refractivity contribution in [3.8, 4) is 0 Å². The van der Waals surface area contributed by atoms with E-state index in [1.54, 1.807) is 0 Å². The van der Waals surface area contributed by atoms with Gasteiger partial charge in [0, 0.05) is 43.7 Å². The fourth-order valence-electron chi connectivity index (χ4n) is 5.48. The lowest BCUT2D eigenvalue weighted by molar-refractivity contribution is -0.158. The molecule has 0 amide bonds. The van der Waals surface area contributed by atoms with Crippen molar-refractivity contribution in [3.05, 3.63) is 36.9 Å². The molecular formula is C31H47NO6. The van der Waals surface area contributed by atoms with Crippen LogP contribution in [0, 0.1) is 17.3 Å². The molecule has 0 spiro atoms. The highest BCUT2D eigenvalue weighted by Gasteiger charge is 2.47. The van der Waals surface area contributed by atoms with Gasteiger partial charge >= 0.3 is 5.97 Å². The van der Waals surface area contributed by atoms with Gasteiger partial charge in [-0.15, -0.1) is 0 Å². The molecule has 3 fully saturated rings. The maximum absolute atomic E-state index is 12.2. The normalized spacial score (nSPS) is 24.1. The summed E-state index contributed by atoms with van der Waals surface area (Å²) in [5.74, 6) is 1.26. The Kier molecular flexibility index (Phi) is 10.0. The molecule has 0 radical (unpaired) electrons. The van der Waals surface area contributed by atoms with E-state index in [9.17, 15) is 14.4 Å². The van der Waals surface area contributed by atoms with Crippen LogP contribution < -0.4 is 0 Å². The van der Waals surface area contributed by atoms with Crippen LogP contribution in [0.15, 0.2) is 36.9 Å². The number of nitrogens with zero attached hydrogens (tertiary/aromatic N) is 1. The standard InChI is InChI=1S/C31H47NO6/c1-21-8-9-22(2)32(21)20-36-23(3)14-15-31(6,7)37-17-16-30(4,5)26-18-24(26)10-13-29(35)38-28-19-25(33)11-12-27(28)34/h24,26,28H,1-3,8-20H2,4-7H3. The fourth-order valence-corrected chi connectivity index (χ4v) is 5.48. The van der Waals surface area contributed by atoms with Gasteiger partial charge in [0.05, 0.1) is 17.8 Å². The van der Waals surface area contributed by atoms with Gasteiger partial charge in [0.2, 0.25) is 0 Å². The molecule has 1 heterocycles. The average molecular weight is 530 g/mol. The third kappa shape index (κ3) is 8.82. The molecule has 0 bridgehead atoms. The predicted octanol–water partition coefficient (Wildman–Crippen LogP) is 6.24. The van der Waals surface area contributed by atoms with Gasteiger partial charge in [0.25, 0.3) is 0 Å². The van der Waals surface area contributed by atoms with Crippen molar-refractivity contribution in [2.45, 2.75) is 110 Å². The summed E-state index contributed by atoms with van der Waals surface area (Å²) in [7, 11) is 0. The van der Waals surface area contributed by atoms with Gasteiger partial charge < -0.3 is 19.1 Å². The van der Waals surface area contributed by atoms with E-state index in [-0.39, 0.29) is 47.8 Å². The van der Waals surface area contributed by atoms with E-state index in [4.69, 9.17) is 14.2 Å². The number of allylic oxidation sites excluding steroid dienone is 3. The molecule has 2 aliphatic carbocycles. The van der Waals surface area contributed by atoms with Crippen LogP contribution in [-0.4, -0.2) is 47.5 Å². The molecule has 3 aliphatic rings. The zero-order chi connectivity index (χ0) is 28.1. The Bertz CT molecular complexity index is 932. The summed E-state index contributed by atoms with van der Waals surface area (Å²) in [5.41, 5.74) is 1.92. The van der Waals surface area contributed by atoms with Crippen molar-refractivity contribution in [1.29, 1.82) is 0 Å². The van der Waals surface area contributed by atoms with Crippen molar-refractivity contribution >= 4 is 17.5 Å². The molecule has 0 N–H and O–H groups in total. The number of carbonyl (C=O) groups is 3. The number of rotatable bonds is 15. The smallest absolute Gasteiger partial charge is 0.306 e. The van der Waals surface area contributed by atoms with Gasteiger partial charge in [-0.25, -0.2) is 0 Å². The zero-order valence-electron chi connectivity index (χ0n) is 23.9. The maximum atomic E-state index is 12.2. The Labute approximate surface area is 228 Å². The van der Waals surface area contributed by atoms with Crippen molar-refractivity contribution in [2.24, 2.45) is 17.3 Å². The third-order valence-electron chi connectivity index (χ3n) is 8.45. The van der Waals surface area contributed by atoms with E-state index in [0.29, 0.717) is 31.6 Å². The van der Waals surface area contributed by atoms with E-state index in [0.717, 1.165) is 62.1 Å². The molecule has 3 unspecified atom stereocenters. The second-order valence-corrected chi connectivity index (χ2v) is 12.5. The number of ether oxygens (including phenoxy) is 3. The lowest BCUT2D eigenvalue weighted by atomic mass is 9.82. The van der Waals surface area contributed by atoms with Gasteiger partial charge in [0.1, 0.15) is 5.78 Å². The highest BCUT2D eigenvalue weighted by Crippen LogP contribution is 2.54. The monoisotopic (exact) mass is 529 g/mol. The molecular weight excluding hydrogens is 482 g/mol. The topological polar surface area (TPSA) is 82.1 Å².